The maximum Gasteiger partial charge on any atom is 0.167 e. The van der Waals surface area contributed by atoms with Crippen molar-refractivity contribution in [1.82, 2.24) is 19.5 Å². The van der Waals surface area contributed by atoms with Crippen molar-refractivity contribution >= 4 is 65.3 Å². The van der Waals surface area contributed by atoms with E-state index >= 15 is 0 Å². The zero-order valence-electron chi connectivity index (χ0n) is 35.8. The highest BCUT2D eigenvalue weighted by Crippen LogP contribution is 2.41. The fraction of sp³-hybridized carbons (Fsp3) is 0. The number of hydrogen-bond donors (Lipinski definition) is 0. The molecule has 0 fully saturated rings. The third kappa shape index (κ3) is 5.14. The summed E-state index contributed by atoms with van der Waals surface area (Å²) in [6.07, 6.45) is 0. The van der Waals surface area contributed by atoms with Crippen molar-refractivity contribution < 1.29 is 11.3 Å². The molecule has 0 aliphatic heterocycles. The number of nitrogens with zero attached hydrogens (tertiary/aromatic N) is 4. The molecule has 0 aliphatic carbocycles. The third-order valence-electron chi connectivity index (χ3n) is 11.1. The Kier molecular flexibility index (Phi) is 6.12. The molecular weight excluding hydrogens is 709 g/mol. The van der Waals surface area contributed by atoms with Gasteiger partial charge in [-0.05, 0) is 75.1 Å². The first kappa shape index (κ1) is 27.7. The van der Waals surface area contributed by atoms with E-state index in [0.29, 0.717) is 39.8 Å². The highest BCUT2D eigenvalue weighted by atomic mass is 16.3. The van der Waals surface area contributed by atoms with E-state index in [2.05, 4.69) is 108 Å². The minimum Gasteiger partial charge on any atom is -0.455 e. The molecule has 0 amide bonds. The van der Waals surface area contributed by atoms with Gasteiger partial charge in [-0.25, -0.2) is 15.0 Å². The monoisotopic (exact) mass is 745 g/mol. The van der Waals surface area contributed by atoms with Crippen LogP contribution in [0.25, 0.3) is 116 Å². The Morgan fingerprint density at radius 2 is 1.03 bits per heavy atom. The molecular formula is C53H32N4O. The normalized spacial score (nSPS) is 13.0. The number of furan rings is 1. The summed E-state index contributed by atoms with van der Waals surface area (Å²) in [6, 6.07) is 53.4. The van der Waals surface area contributed by atoms with Gasteiger partial charge in [-0.3, -0.25) is 0 Å². The average Bonchev–Trinajstić information content (AvgIpc) is 3.88. The molecule has 0 N–H and O–H groups in total. The van der Waals surface area contributed by atoms with Gasteiger partial charge in [-0.1, -0.05) is 152 Å². The van der Waals surface area contributed by atoms with Gasteiger partial charge in [0, 0.05) is 38.4 Å². The summed E-state index contributed by atoms with van der Waals surface area (Å²) in [7, 11) is 0. The summed E-state index contributed by atoms with van der Waals surface area (Å²) in [5, 5.41) is 8.37. The molecule has 5 heteroatoms. The fourth-order valence-electron chi connectivity index (χ4n) is 8.40. The van der Waals surface area contributed by atoms with Crippen LogP contribution in [0.5, 0.6) is 0 Å². The topological polar surface area (TPSA) is 56.7 Å². The van der Waals surface area contributed by atoms with Gasteiger partial charge in [-0.2, -0.15) is 0 Å². The molecule has 3 aromatic heterocycles. The highest BCUT2D eigenvalue weighted by molar-refractivity contribution is 6.13. The molecule has 0 atom stereocenters. The molecule has 0 saturated carbocycles. The lowest BCUT2D eigenvalue weighted by molar-refractivity contribution is 0.669. The second kappa shape index (κ2) is 12.8. The van der Waals surface area contributed by atoms with Crippen LogP contribution in [0.4, 0.5) is 0 Å². The SMILES string of the molecule is [2H]c1c([2H])c([2H])c(-c2ccc3c(c2)oc2c(-c4nc(-c5ccccc5)nc(-c5ccc6c(ccc7ccccc76)c5)n4)cc(-n4c5ccccc5c5ccccc54)cc23)c([2H])c1[2H]. The van der Waals surface area contributed by atoms with E-state index in [4.69, 9.17) is 26.2 Å². The van der Waals surface area contributed by atoms with Gasteiger partial charge in [0.25, 0.3) is 0 Å². The number of benzene rings is 9. The zero-order valence-corrected chi connectivity index (χ0v) is 30.8. The van der Waals surface area contributed by atoms with Crippen molar-refractivity contribution in [2.75, 3.05) is 0 Å². The first-order valence-electron chi connectivity index (χ1n) is 21.6. The van der Waals surface area contributed by atoms with Gasteiger partial charge < -0.3 is 8.98 Å². The fourth-order valence-corrected chi connectivity index (χ4v) is 8.40. The molecule has 0 aliphatic rings. The van der Waals surface area contributed by atoms with Crippen LogP contribution in [0.3, 0.4) is 0 Å². The van der Waals surface area contributed by atoms with E-state index in [0.717, 1.165) is 60.2 Å². The second-order valence-electron chi connectivity index (χ2n) is 14.4. The molecule has 3 heterocycles. The molecule has 0 radical (unpaired) electrons. The standard InChI is InChI=1S/C53H32N4O/c1-3-13-33(14-4-1)36-25-28-44-45-31-39(57-47-21-11-9-19-42(47)43-20-10-12-22-48(43)57)32-46(50(45)58-49(44)30-36)53-55-51(35-16-5-2-6-17-35)54-52(56-53)38-26-27-41-37(29-38)24-23-34-15-7-8-18-40(34)41/h1-32H/i1D,3D,4D,13D,14D. The van der Waals surface area contributed by atoms with Gasteiger partial charge >= 0.3 is 0 Å². The third-order valence-corrected chi connectivity index (χ3v) is 11.1. The molecule has 12 aromatic rings. The molecule has 9 aromatic carbocycles. The van der Waals surface area contributed by atoms with Gasteiger partial charge in [-0.15, -0.1) is 0 Å². The molecule has 5 nitrogen and oxygen atoms in total. The van der Waals surface area contributed by atoms with Crippen LogP contribution in [-0.2, 0) is 0 Å². The predicted molar refractivity (Wildman–Crippen MR) is 238 cm³/mol. The lowest BCUT2D eigenvalue weighted by atomic mass is 10.00. The van der Waals surface area contributed by atoms with Crippen LogP contribution in [-0.4, -0.2) is 19.5 Å². The average molecular weight is 746 g/mol. The lowest BCUT2D eigenvalue weighted by Crippen LogP contribution is -2.01. The van der Waals surface area contributed by atoms with Crippen molar-refractivity contribution in [3.05, 3.63) is 194 Å². The maximum atomic E-state index is 8.71. The molecule has 0 unspecified atom stereocenters. The Morgan fingerprint density at radius 3 is 1.83 bits per heavy atom. The largest absolute Gasteiger partial charge is 0.455 e. The summed E-state index contributed by atoms with van der Waals surface area (Å²) < 4.78 is 51.4. The predicted octanol–water partition coefficient (Wildman–Crippen LogP) is 13.8. The summed E-state index contributed by atoms with van der Waals surface area (Å²) in [4.78, 5) is 15.5. The molecule has 0 bridgehead atoms. The first-order chi connectivity index (χ1) is 30.8. The Hall–Kier alpha value is -7.89. The number of hydrogen-bond acceptors (Lipinski definition) is 4. The Bertz CT molecular complexity index is 3800. The number of rotatable bonds is 5. The molecule has 0 saturated heterocycles. The second-order valence-corrected chi connectivity index (χ2v) is 14.4. The highest BCUT2D eigenvalue weighted by Gasteiger charge is 2.22. The Morgan fingerprint density at radius 1 is 0.414 bits per heavy atom. The van der Waals surface area contributed by atoms with Crippen LogP contribution in [0.1, 0.15) is 6.85 Å². The van der Waals surface area contributed by atoms with Gasteiger partial charge in [0.2, 0.25) is 0 Å². The van der Waals surface area contributed by atoms with E-state index in [9.17, 15) is 0 Å². The van der Waals surface area contributed by atoms with Gasteiger partial charge in [0.15, 0.2) is 17.5 Å². The molecule has 270 valence electrons. The quantitative estimate of drug-likeness (QED) is 0.165. The van der Waals surface area contributed by atoms with Crippen molar-refractivity contribution in [3.8, 4) is 51.0 Å². The molecule has 12 rings (SSSR count). The van der Waals surface area contributed by atoms with Crippen molar-refractivity contribution in [2.45, 2.75) is 0 Å². The van der Waals surface area contributed by atoms with Crippen molar-refractivity contribution in [3.63, 3.8) is 0 Å². The summed E-state index contributed by atoms with van der Waals surface area (Å²) in [5.74, 6) is 1.42. The number of para-hydroxylation sites is 2. The van der Waals surface area contributed by atoms with Crippen LogP contribution >= 0.6 is 0 Å². The summed E-state index contributed by atoms with van der Waals surface area (Å²) in [5.41, 5.74) is 6.80. The number of aromatic nitrogens is 4. The van der Waals surface area contributed by atoms with Crippen molar-refractivity contribution in [1.29, 1.82) is 0 Å². The summed E-state index contributed by atoms with van der Waals surface area (Å²) >= 11 is 0. The molecule has 58 heavy (non-hydrogen) atoms. The lowest BCUT2D eigenvalue weighted by Gasteiger charge is -2.13. The van der Waals surface area contributed by atoms with E-state index in [1.807, 2.05) is 48.5 Å². The van der Waals surface area contributed by atoms with E-state index in [1.165, 1.54) is 10.8 Å². The molecule has 0 spiro atoms. The maximum absolute atomic E-state index is 8.71. The van der Waals surface area contributed by atoms with Gasteiger partial charge in [0.1, 0.15) is 11.2 Å². The van der Waals surface area contributed by atoms with E-state index in [1.54, 1.807) is 12.1 Å². The zero-order chi connectivity index (χ0) is 42.5. The Labute approximate surface area is 340 Å². The van der Waals surface area contributed by atoms with E-state index < -0.39 is 18.1 Å². The minimum atomic E-state index is -0.440. The van der Waals surface area contributed by atoms with Crippen LogP contribution in [0.15, 0.2) is 198 Å². The minimum absolute atomic E-state index is 0.104. The Balaban J connectivity index is 1.15. The van der Waals surface area contributed by atoms with Crippen molar-refractivity contribution in [2.24, 2.45) is 0 Å². The smallest absolute Gasteiger partial charge is 0.167 e. The summed E-state index contributed by atoms with van der Waals surface area (Å²) in [6.45, 7) is 0. The van der Waals surface area contributed by atoms with Crippen LogP contribution in [0, 0.1) is 0 Å². The van der Waals surface area contributed by atoms with Crippen LogP contribution < -0.4 is 0 Å². The van der Waals surface area contributed by atoms with Crippen LogP contribution in [0.2, 0.25) is 0 Å². The van der Waals surface area contributed by atoms with Gasteiger partial charge in [0.05, 0.1) is 23.5 Å². The van der Waals surface area contributed by atoms with E-state index in [-0.39, 0.29) is 17.6 Å². The first-order valence-corrected chi connectivity index (χ1v) is 19.1. The number of fused-ring (bicyclic) bond motifs is 9.